The van der Waals surface area contributed by atoms with Crippen molar-refractivity contribution in [3.05, 3.63) is 71.3 Å². The number of aryl methyl sites for hydroxylation is 2. The number of hydrazone groups is 1. The van der Waals surface area contributed by atoms with Crippen LogP contribution < -0.4 is 15.5 Å². The minimum Gasteiger partial charge on any atom is -0.493 e. The van der Waals surface area contributed by atoms with Gasteiger partial charge < -0.3 is 10.1 Å². The fraction of sp³-hybridized carbons (Fsp3) is 0.208. The third-order valence-corrected chi connectivity index (χ3v) is 4.73. The van der Waals surface area contributed by atoms with Crippen LogP contribution in [-0.4, -0.2) is 24.6 Å². The Balaban J connectivity index is 1.65. The van der Waals surface area contributed by atoms with Gasteiger partial charge in [0.2, 0.25) is 11.8 Å². The Morgan fingerprint density at radius 1 is 1.00 bits per heavy atom. The number of anilines is 1. The van der Waals surface area contributed by atoms with Gasteiger partial charge in [-0.1, -0.05) is 36.4 Å². The van der Waals surface area contributed by atoms with E-state index in [9.17, 15) is 9.59 Å². The van der Waals surface area contributed by atoms with Crippen molar-refractivity contribution >= 4 is 34.5 Å². The largest absolute Gasteiger partial charge is 0.493 e. The van der Waals surface area contributed by atoms with Gasteiger partial charge in [0.15, 0.2) is 0 Å². The van der Waals surface area contributed by atoms with Gasteiger partial charge >= 0.3 is 0 Å². The first kappa shape index (κ1) is 21.0. The molecule has 0 saturated heterocycles. The van der Waals surface area contributed by atoms with Crippen molar-refractivity contribution in [2.24, 2.45) is 5.10 Å². The Hall–Kier alpha value is -3.67. The van der Waals surface area contributed by atoms with E-state index in [0.717, 1.165) is 27.5 Å². The maximum atomic E-state index is 12.1. The Morgan fingerprint density at radius 3 is 2.57 bits per heavy atom. The third-order valence-electron chi connectivity index (χ3n) is 4.73. The molecule has 6 heteroatoms. The standard InChI is InChI=1S/C24H25N3O3/c1-4-30-22-12-10-18-7-5-6-8-20(18)21(22)15-25-27-24(29)14-23(28)26-19-11-9-16(2)17(3)13-19/h5-13,15H,4,14H2,1-3H3,(H,26,28)(H,27,29). The average molecular weight is 403 g/mol. The van der Waals surface area contributed by atoms with Crippen LogP contribution in [0.25, 0.3) is 10.8 Å². The molecule has 154 valence electrons. The van der Waals surface area contributed by atoms with E-state index in [1.54, 1.807) is 6.21 Å². The van der Waals surface area contributed by atoms with Gasteiger partial charge in [0.25, 0.3) is 0 Å². The zero-order valence-electron chi connectivity index (χ0n) is 17.4. The van der Waals surface area contributed by atoms with Gasteiger partial charge in [0.1, 0.15) is 12.2 Å². The molecule has 3 rings (SSSR count). The second kappa shape index (κ2) is 9.69. The molecule has 0 atom stereocenters. The van der Waals surface area contributed by atoms with Gasteiger partial charge in [-0.15, -0.1) is 0 Å². The van der Waals surface area contributed by atoms with Crippen molar-refractivity contribution < 1.29 is 14.3 Å². The summed E-state index contributed by atoms with van der Waals surface area (Å²) in [4.78, 5) is 24.2. The van der Waals surface area contributed by atoms with E-state index in [4.69, 9.17) is 4.74 Å². The summed E-state index contributed by atoms with van der Waals surface area (Å²) in [6, 6.07) is 17.3. The van der Waals surface area contributed by atoms with Gasteiger partial charge in [-0.2, -0.15) is 5.10 Å². The Labute approximate surface area is 175 Å². The van der Waals surface area contributed by atoms with Crippen molar-refractivity contribution in [3.8, 4) is 5.75 Å². The topological polar surface area (TPSA) is 79.8 Å². The predicted octanol–water partition coefficient (Wildman–Crippen LogP) is 4.33. The summed E-state index contributed by atoms with van der Waals surface area (Å²) in [5, 5.41) is 8.77. The first-order chi connectivity index (χ1) is 14.5. The molecule has 30 heavy (non-hydrogen) atoms. The fourth-order valence-electron chi connectivity index (χ4n) is 3.07. The zero-order valence-corrected chi connectivity index (χ0v) is 17.4. The lowest BCUT2D eigenvalue weighted by molar-refractivity contribution is -0.126. The molecule has 0 aromatic heterocycles. The van der Waals surface area contributed by atoms with Crippen molar-refractivity contribution in [2.45, 2.75) is 27.2 Å². The van der Waals surface area contributed by atoms with Crippen LogP contribution in [0, 0.1) is 13.8 Å². The predicted molar refractivity (Wildman–Crippen MR) is 120 cm³/mol. The van der Waals surface area contributed by atoms with Crippen molar-refractivity contribution in [3.63, 3.8) is 0 Å². The first-order valence-electron chi connectivity index (χ1n) is 9.81. The SMILES string of the molecule is CCOc1ccc2ccccc2c1C=NNC(=O)CC(=O)Nc1ccc(C)c(C)c1. The molecule has 0 unspecified atom stereocenters. The number of ether oxygens (including phenoxy) is 1. The summed E-state index contributed by atoms with van der Waals surface area (Å²) >= 11 is 0. The average Bonchev–Trinajstić information content (AvgIpc) is 2.72. The molecular formula is C24H25N3O3. The molecule has 0 bridgehead atoms. The maximum Gasteiger partial charge on any atom is 0.249 e. The Morgan fingerprint density at radius 2 is 1.80 bits per heavy atom. The third kappa shape index (κ3) is 5.23. The molecule has 6 nitrogen and oxygen atoms in total. The highest BCUT2D eigenvalue weighted by Crippen LogP contribution is 2.26. The molecule has 3 aromatic rings. The number of carbonyl (C=O) groups is 2. The number of nitrogens with zero attached hydrogens (tertiary/aromatic N) is 1. The normalized spacial score (nSPS) is 10.9. The van der Waals surface area contributed by atoms with Gasteiger partial charge in [-0.05, 0) is 60.9 Å². The fourth-order valence-corrected chi connectivity index (χ4v) is 3.07. The molecule has 2 N–H and O–H groups in total. The second-order valence-corrected chi connectivity index (χ2v) is 6.95. The highest BCUT2D eigenvalue weighted by molar-refractivity contribution is 6.05. The molecule has 0 spiro atoms. The molecule has 0 aliphatic carbocycles. The van der Waals surface area contributed by atoms with Crippen LogP contribution in [-0.2, 0) is 9.59 Å². The molecule has 0 aliphatic rings. The van der Waals surface area contributed by atoms with E-state index >= 15 is 0 Å². The van der Waals surface area contributed by atoms with Crippen LogP contribution in [0.15, 0.2) is 59.7 Å². The summed E-state index contributed by atoms with van der Waals surface area (Å²) < 4.78 is 5.68. The number of carbonyl (C=O) groups excluding carboxylic acids is 2. The van der Waals surface area contributed by atoms with Crippen LogP contribution in [0.3, 0.4) is 0 Å². The molecule has 0 saturated carbocycles. The molecule has 0 fully saturated rings. The van der Waals surface area contributed by atoms with Gasteiger partial charge in [-0.3, -0.25) is 9.59 Å². The number of nitrogens with one attached hydrogen (secondary N) is 2. The maximum absolute atomic E-state index is 12.1. The zero-order chi connectivity index (χ0) is 21.5. The van der Waals surface area contributed by atoms with E-state index < -0.39 is 11.8 Å². The number of benzene rings is 3. The molecule has 0 heterocycles. The molecule has 3 aromatic carbocycles. The molecule has 0 aliphatic heterocycles. The molecule has 0 radical (unpaired) electrons. The summed E-state index contributed by atoms with van der Waals surface area (Å²) in [5.74, 6) is -0.210. The van der Waals surface area contributed by atoms with Crippen LogP contribution in [0.2, 0.25) is 0 Å². The van der Waals surface area contributed by atoms with Crippen LogP contribution >= 0.6 is 0 Å². The van der Waals surface area contributed by atoms with E-state index in [2.05, 4.69) is 15.8 Å². The highest BCUT2D eigenvalue weighted by Gasteiger charge is 2.10. The van der Waals surface area contributed by atoms with Crippen LogP contribution in [0.1, 0.15) is 30.0 Å². The number of hydrogen-bond donors (Lipinski definition) is 2. The Bertz CT molecular complexity index is 1110. The summed E-state index contributed by atoms with van der Waals surface area (Å²) in [6.45, 7) is 6.39. The summed E-state index contributed by atoms with van der Waals surface area (Å²) in [5.41, 5.74) is 6.06. The van der Waals surface area contributed by atoms with Crippen molar-refractivity contribution in [1.29, 1.82) is 0 Å². The Kier molecular flexibility index (Phi) is 6.80. The lowest BCUT2D eigenvalue weighted by Gasteiger charge is -2.10. The van der Waals surface area contributed by atoms with E-state index in [0.29, 0.717) is 18.0 Å². The lowest BCUT2D eigenvalue weighted by atomic mass is 10.0. The first-order valence-corrected chi connectivity index (χ1v) is 9.81. The van der Waals surface area contributed by atoms with Gasteiger partial charge in [-0.25, -0.2) is 5.43 Å². The monoisotopic (exact) mass is 403 g/mol. The molecule has 2 amide bonds. The second-order valence-electron chi connectivity index (χ2n) is 6.95. The highest BCUT2D eigenvalue weighted by atomic mass is 16.5. The number of fused-ring (bicyclic) bond motifs is 1. The van der Waals surface area contributed by atoms with Crippen LogP contribution in [0.5, 0.6) is 5.75 Å². The quantitative estimate of drug-likeness (QED) is 0.350. The van der Waals surface area contributed by atoms with Gasteiger partial charge in [0, 0.05) is 11.3 Å². The summed E-state index contributed by atoms with van der Waals surface area (Å²) in [7, 11) is 0. The van der Waals surface area contributed by atoms with Crippen molar-refractivity contribution in [2.75, 3.05) is 11.9 Å². The minimum atomic E-state index is -0.495. The van der Waals surface area contributed by atoms with Gasteiger partial charge in [0.05, 0.1) is 12.8 Å². The summed E-state index contributed by atoms with van der Waals surface area (Å²) in [6.07, 6.45) is 1.23. The number of amides is 2. The number of rotatable bonds is 7. The van der Waals surface area contributed by atoms with Crippen LogP contribution in [0.4, 0.5) is 5.69 Å². The van der Waals surface area contributed by atoms with Crippen molar-refractivity contribution in [1.82, 2.24) is 5.43 Å². The number of hydrogen-bond acceptors (Lipinski definition) is 4. The minimum absolute atomic E-state index is 0.321. The van der Waals surface area contributed by atoms with E-state index in [1.165, 1.54) is 0 Å². The lowest BCUT2D eigenvalue weighted by Crippen LogP contribution is -2.24. The smallest absolute Gasteiger partial charge is 0.249 e. The van der Waals surface area contributed by atoms with E-state index in [-0.39, 0.29) is 6.42 Å². The molecular weight excluding hydrogens is 378 g/mol. The van der Waals surface area contributed by atoms with E-state index in [1.807, 2.05) is 75.4 Å².